The van der Waals surface area contributed by atoms with Crippen molar-refractivity contribution in [3.05, 3.63) is 29.6 Å². The lowest BCUT2D eigenvalue weighted by atomic mass is 9.78. The summed E-state index contributed by atoms with van der Waals surface area (Å²) in [5.74, 6) is -3.86. The molecule has 0 saturated carbocycles. The smallest absolute Gasteiger partial charge is 0.230 e. The highest BCUT2D eigenvalue weighted by Crippen LogP contribution is 2.43. The largest absolute Gasteiger partial charge is 0.550 e. The highest BCUT2D eigenvalue weighted by atomic mass is 19.1. The molecular formula is C15H15FNO4-. The van der Waals surface area contributed by atoms with Crippen LogP contribution in [0.4, 0.5) is 10.1 Å². The van der Waals surface area contributed by atoms with E-state index < -0.39 is 41.7 Å². The molecule has 112 valence electrons. The summed E-state index contributed by atoms with van der Waals surface area (Å²) >= 11 is 0. The van der Waals surface area contributed by atoms with Crippen LogP contribution in [0.5, 0.6) is 0 Å². The van der Waals surface area contributed by atoms with Crippen molar-refractivity contribution in [3.8, 4) is 0 Å². The number of hydrogen-bond acceptors (Lipinski definition) is 4. The number of rotatable bonds is 3. The number of carbonyl (C=O) groups is 2. The Morgan fingerprint density at radius 2 is 1.95 bits per heavy atom. The first-order valence-corrected chi connectivity index (χ1v) is 6.90. The molecule has 0 unspecified atom stereocenters. The van der Waals surface area contributed by atoms with E-state index in [2.05, 4.69) is 5.32 Å². The fraction of sp³-hybridized carbons (Fsp3) is 0.467. The Morgan fingerprint density at radius 1 is 1.29 bits per heavy atom. The molecule has 2 saturated heterocycles. The Kier molecular flexibility index (Phi) is 3.41. The van der Waals surface area contributed by atoms with Gasteiger partial charge in [0.15, 0.2) is 0 Å². The summed E-state index contributed by atoms with van der Waals surface area (Å²) in [6.07, 6.45) is 0.444. The molecule has 2 aliphatic rings. The fourth-order valence-electron chi connectivity index (χ4n) is 3.21. The van der Waals surface area contributed by atoms with Crippen LogP contribution in [0.2, 0.25) is 0 Å². The molecule has 5 nitrogen and oxygen atoms in total. The van der Waals surface area contributed by atoms with E-state index in [-0.39, 0.29) is 0 Å². The van der Waals surface area contributed by atoms with Crippen molar-refractivity contribution < 1.29 is 23.8 Å². The number of anilines is 1. The van der Waals surface area contributed by atoms with Gasteiger partial charge in [0.05, 0.1) is 18.1 Å². The number of fused-ring (bicyclic) bond motifs is 2. The van der Waals surface area contributed by atoms with Crippen LogP contribution in [0.25, 0.3) is 0 Å². The zero-order valence-corrected chi connectivity index (χ0v) is 11.5. The molecule has 2 heterocycles. The topological polar surface area (TPSA) is 78.5 Å². The lowest BCUT2D eigenvalue weighted by molar-refractivity contribution is -0.313. The van der Waals surface area contributed by atoms with Gasteiger partial charge in [-0.25, -0.2) is 4.39 Å². The minimum Gasteiger partial charge on any atom is -0.550 e. The van der Waals surface area contributed by atoms with E-state index >= 15 is 0 Å². The number of ether oxygens (including phenoxy) is 1. The van der Waals surface area contributed by atoms with Gasteiger partial charge in [-0.15, -0.1) is 0 Å². The van der Waals surface area contributed by atoms with Gasteiger partial charge in [-0.2, -0.15) is 0 Å². The minimum atomic E-state index is -1.27. The number of amides is 1. The van der Waals surface area contributed by atoms with Crippen LogP contribution < -0.4 is 10.4 Å². The third kappa shape index (κ3) is 2.40. The van der Waals surface area contributed by atoms with Crippen molar-refractivity contribution in [2.24, 2.45) is 11.8 Å². The van der Waals surface area contributed by atoms with Gasteiger partial charge in [-0.05, 0) is 37.5 Å². The molecule has 1 N–H and O–H groups in total. The summed E-state index contributed by atoms with van der Waals surface area (Å²) in [5, 5.41) is 13.8. The quantitative estimate of drug-likeness (QED) is 0.885. The fourth-order valence-corrected chi connectivity index (χ4v) is 3.21. The van der Waals surface area contributed by atoms with E-state index in [0.717, 1.165) is 0 Å². The van der Waals surface area contributed by atoms with Crippen molar-refractivity contribution in [3.63, 3.8) is 0 Å². The lowest BCUT2D eigenvalue weighted by Crippen LogP contribution is -2.46. The number of carbonyl (C=O) groups excluding carboxylic acids is 2. The van der Waals surface area contributed by atoms with Crippen LogP contribution in [0.15, 0.2) is 18.2 Å². The summed E-state index contributed by atoms with van der Waals surface area (Å²) in [6, 6.07) is 4.35. The number of aliphatic carboxylic acids is 1. The number of aryl methyl sites for hydroxylation is 1. The molecule has 2 fully saturated rings. The maximum Gasteiger partial charge on any atom is 0.230 e. The van der Waals surface area contributed by atoms with Gasteiger partial charge in [0.25, 0.3) is 0 Å². The summed E-state index contributed by atoms with van der Waals surface area (Å²) in [4.78, 5) is 23.5. The second kappa shape index (κ2) is 5.11. The van der Waals surface area contributed by atoms with Crippen LogP contribution >= 0.6 is 0 Å². The van der Waals surface area contributed by atoms with Crippen LogP contribution in [0.1, 0.15) is 18.4 Å². The second-order valence-electron chi connectivity index (χ2n) is 5.61. The molecule has 21 heavy (non-hydrogen) atoms. The number of benzene rings is 1. The molecule has 1 aromatic rings. The average molecular weight is 292 g/mol. The molecule has 1 aromatic carbocycles. The molecule has 4 atom stereocenters. The first kappa shape index (κ1) is 14.0. The zero-order chi connectivity index (χ0) is 15.1. The standard InChI is InChI=1S/C15H16FNO4/c1-7-2-3-8(6-9(7)16)17-14(18)12-10-4-5-11(21-10)13(12)15(19)20/h2-3,6,10-13H,4-5H2,1H3,(H,17,18)(H,19,20)/p-1/t10-,11+,12+,13-/m0/s1. The van der Waals surface area contributed by atoms with E-state index in [4.69, 9.17) is 4.74 Å². The van der Waals surface area contributed by atoms with Gasteiger partial charge >= 0.3 is 0 Å². The van der Waals surface area contributed by atoms with Crippen molar-refractivity contribution in [2.45, 2.75) is 32.0 Å². The predicted octanol–water partition coefficient (Wildman–Crippen LogP) is 0.616. The number of nitrogens with one attached hydrogen (secondary N) is 1. The number of hydrogen-bond donors (Lipinski definition) is 1. The molecule has 2 aliphatic heterocycles. The number of carboxylic acids is 1. The molecule has 0 aromatic heterocycles. The molecule has 0 spiro atoms. The van der Waals surface area contributed by atoms with E-state index in [1.807, 2.05) is 0 Å². The maximum atomic E-state index is 13.5. The van der Waals surface area contributed by atoms with E-state index in [1.165, 1.54) is 6.07 Å². The van der Waals surface area contributed by atoms with Crippen molar-refractivity contribution in [2.75, 3.05) is 5.32 Å². The maximum absolute atomic E-state index is 13.5. The van der Waals surface area contributed by atoms with Crippen molar-refractivity contribution in [1.82, 2.24) is 0 Å². The first-order chi connectivity index (χ1) is 9.97. The highest BCUT2D eigenvalue weighted by Gasteiger charge is 2.52. The van der Waals surface area contributed by atoms with Gasteiger partial charge in [0.2, 0.25) is 5.91 Å². The van der Waals surface area contributed by atoms with Crippen LogP contribution in [0.3, 0.4) is 0 Å². The SMILES string of the molecule is Cc1ccc(NC(=O)[C@H]2[C@@H](C(=O)[O-])[C@H]3CC[C@@H]2O3)cc1F. The summed E-state index contributed by atoms with van der Waals surface area (Å²) in [5.41, 5.74) is 0.784. The Hall–Kier alpha value is -1.95. The Morgan fingerprint density at radius 3 is 2.57 bits per heavy atom. The summed E-state index contributed by atoms with van der Waals surface area (Å²) in [7, 11) is 0. The van der Waals surface area contributed by atoms with Gasteiger partial charge in [0, 0.05) is 17.6 Å². The third-order valence-corrected chi connectivity index (χ3v) is 4.29. The Balaban J connectivity index is 1.78. The van der Waals surface area contributed by atoms with Crippen LogP contribution in [-0.4, -0.2) is 24.1 Å². The Bertz CT molecular complexity index is 603. The van der Waals surface area contributed by atoms with Crippen LogP contribution in [0, 0.1) is 24.6 Å². The number of carboxylic acid groups (broad SMARTS) is 1. The van der Waals surface area contributed by atoms with Gasteiger partial charge in [-0.3, -0.25) is 4.79 Å². The van der Waals surface area contributed by atoms with E-state index in [1.54, 1.807) is 19.1 Å². The first-order valence-electron chi connectivity index (χ1n) is 6.90. The Labute approximate surface area is 121 Å². The molecule has 2 bridgehead atoms. The second-order valence-corrected chi connectivity index (χ2v) is 5.61. The molecular weight excluding hydrogens is 277 g/mol. The molecule has 3 rings (SSSR count). The van der Waals surface area contributed by atoms with Gasteiger partial charge < -0.3 is 20.0 Å². The van der Waals surface area contributed by atoms with Crippen LogP contribution in [-0.2, 0) is 14.3 Å². The normalized spacial score (nSPS) is 30.4. The third-order valence-electron chi connectivity index (χ3n) is 4.29. The lowest BCUT2D eigenvalue weighted by Gasteiger charge is -2.27. The molecule has 6 heteroatoms. The summed E-state index contributed by atoms with van der Waals surface area (Å²) in [6.45, 7) is 1.62. The monoisotopic (exact) mass is 292 g/mol. The number of halogens is 1. The molecule has 0 radical (unpaired) electrons. The summed E-state index contributed by atoms with van der Waals surface area (Å²) < 4.78 is 19.0. The molecule has 1 amide bonds. The molecule has 0 aliphatic carbocycles. The van der Waals surface area contributed by atoms with E-state index in [0.29, 0.717) is 24.1 Å². The van der Waals surface area contributed by atoms with E-state index in [9.17, 15) is 19.1 Å². The van der Waals surface area contributed by atoms with Crippen molar-refractivity contribution in [1.29, 1.82) is 0 Å². The average Bonchev–Trinajstić information content (AvgIpc) is 3.03. The minimum absolute atomic E-state index is 0.308. The van der Waals surface area contributed by atoms with Gasteiger partial charge in [-0.1, -0.05) is 6.07 Å². The predicted molar refractivity (Wildman–Crippen MR) is 69.6 cm³/mol. The van der Waals surface area contributed by atoms with Gasteiger partial charge in [0.1, 0.15) is 5.82 Å². The highest BCUT2D eigenvalue weighted by molar-refractivity contribution is 5.96. The van der Waals surface area contributed by atoms with Crippen molar-refractivity contribution >= 4 is 17.6 Å². The zero-order valence-electron chi connectivity index (χ0n) is 11.5.